The highest BCUT2D eigenvalue weighted by molar-refractivity contribution is 7.95. The van der Waals surface area contributed by atoms with Gasteiger partial charge in [-0.2, -0.15) is 0 Å². The van der Waals surface area contributed by atoms with Crippen LogP contribution in [0, 0.1) is 11.6 Å². The zero-order valence-electron chi connectivity index (χ0n) is 14.8. The molecule has 1 aliphatic rings. The van der Waals surface area contributed by atoms with Gasteiger partial charge >= 0.3 is 0 Å². The van der Waals surface area contributed by atoms with Gasteiger partial charge in [0, 0.05) is 0 Å². The number of aliphatic hydroxyl groups excluding tert-OH is 1. The van der Waals surface area contributed by atoms with E-state index in [4.69, 9.17) is 0 Å². The van der Waals surface area contributed by atoms with Crippen molar-refractivity contribution in [2.45, 2.75) is 37.2 Å². The molecule has 1 heterocycles. The molecule has 144 valence electrons. The van der Waals surface area contributed by atoms with E-state index in [1.807, 2.05) is 0 Å². The summed E-state index contributed by atoms with van der Waals surface area (Å²) in [5, 5.41) is 9.58. The molecule has 27 heavy (non-hydrogen) atoms. The predicted molar refractivity (Wildman–Crippen MR) is 101 cm³/mol. The molecule has 0 aliphatic carbocycles. The van der Waals surface area contributed by atoms with Gasteiger partial charge in [-0.15, -0.1) is 0 Å². The summed E-state index contributed by atoms with van der Waals surface area (Å²) in [4.78, 5) is 0. The van der Waals surface area contributed by atoms with Gasteiger partial charge in [0.1, 0.15) is 16.9 Å². The molecule has 0 amide bonds. The first-order chi connectivity index (χ1) is 12.7. The molecule has 1 fully saturated rings. The number of halogens is 2. The summed E-state index contributed by atoms with van der Waals surface area (Å²) in [7, 11) is -3.63. The van der Waals surface area contributed by atoms with Crippen molar-refractivity contribution in [3.63, 3.8) is 0 Å². The van der Waals surface area contributed by atoms with Crippen molar-refractivity contribution in [2.24, 2.45) is 0 Å². The Balaban J connectivity index is 1.76. The number of rotatable bonds is 6. The van der Waals surface area contributed by atoms with E-state index in [9.17, 15) is 22.3 Å². The monoisotopic (exact) mass is 393 g/mol. The molecule has 0 saturated carbocycles. The fourth-order valence-corrected chi connectivity index (χ4v) is 5.72. The third kappa shape index (κ3) is 3.75. The Hall–Kier alpha value is -2.25. The first kappa shape index (κ1) is 19.5. The van der Waals surface area contributed by atoms with Crippen molar-refractivity contribution >= 4 is 15.7 Å². The number of hydrogen-bond donors (Lipinski definition) is 1. The van der Waals surface area contributed by atoms with Crippen molar-refractivity contribution < 1.29 is 22.3 Å². The minimum absolute atomic E-state index is 0.219. The minimum Gasteiger partial charge on any atom is -0.388 e. The van der Waals surface area contributed by atoms with Crippen molar-refractivity contribution in [1.29, 1.82) is 0 Å². The SMILES string of the molecule is C=C(C)C1C(CCC(O)c2ccc(F)cc2)S(=O)(=O)N1c1ccc(F)cc1. The molecule has 3 rings (SSSR count). The standard InChI is InChI=1S/C20H21F2NO3S/c1-13(2)20-19(12-11-18(24)14-3-5-15(21)6-4-14)27(25,26)23(20)17-9-7-16(22)8-10-17/h3-10,18-20,24H,1,11-12H2,2H3. The van der Waals surface area contributed by atoms with Crippen LogP contribution in [0.15, 0.2) is 60.7 Å². The van der Waals surface area contributed by atoms with Gasteiger partial charge in [0.05, 0.1) is 17.8 Å². The zero-order valence-corrected chi connectivity index (χ0v) is 15.7. The Labute approximate surface area is 157 Å². The molecule has 1 N–H and O–H groups in total. The molecule has 2 aromatic rings. The Bertz CT molecular complexity index is 927. The van der Waals surface area contributed by atoms with Crippen LogP contribution >= 0.6 is 0 Å². The van der Waals surface area contributed by atoms with E-state index in [1.165, 1.54) is 52.8 Å². The van der Waals surface area contributed by atoms with Crippen LogP contribution in [0.2, 0.25) is 0 Å². The number of nitrogens with zero attached hydrogens (tertiary/aromatic N) is 1. The Morgan fingerprint density at radius 1 is 1.11 bits per heavy atom. The highest BCUT2D eigenvalue weighted by Gasteiger charge is 2.53. The Kier molecular flexibility index (Phi) is 5.35. The first-order valence-corrected chi connectivity index (χ1v) is 10.1. The molecule has 7 heteroatoms. The molecule has 0 spiro atoms. The summed E-state index contributed by atoms with van der Waals surface area (Å²) < 4.78 is 53.0. The average Bonchev–Trinajstić information content (AvgIpc) is 2.61. The molecule has 3 atom stereocenters. The smallest absolute Gasteiger partial charge is 0.241 e. The fraction of sp³-hybridized carbons (Fsp3) is 0.300. The lowest BCUT2D eigenvalue weighted by molar-refractivity contribution is 0.162. The van der Waals surface area contributed by atoms with Crippen LogP contribution in [0.5, 0.6) is 0 Å². The van der Waals surface area contributed by atoms with Crippen LogP contribution in [0.3, 0.4) is 0 Å². The Morgan fingerprint density at radius 3 is 2.15 bits per heavy atom. The molecule has 3 unspecified atom stereocenters. The van der Waals surface area contributed by atoms with Crippen molar-refractivity contribution in [1.82, 2.24) is 0 Å². The molecule has 0 radical (unpaired) electrons. The highest BCUT2D eigenvalue weighted by atomic mass is 32.2. The third-order valence-electron chi connectivity index (χ3n) is 4.83. The van der Waals surface area contributed by atoms with E-state index in [2.05, 4.69) is 6.58 Å². The van der Waals surface area contributed by atoms with Gasteiger partial charge in [0.2, 0.25) is 10.0 Å². The van der Waals surface area contributed by atoms with Gasteiger partial charge in [-0.1, -0.05) is 24.3 Å². The normalized spacial score (nSPS) is 22.1. The molecule has 0 aromatic heterocycles. The molecule has 2 aromatic carbocycles. The van der Waals surface area contributed by atoms with Crippen molar-refractivity contribution in [3.8, 4) is 0 Å². The Morgan fingerprint density at radius 2 is 1.63 bits per heavy atom. The topological polar surface area (TPSA) is 57.6 Å². The second kappa shape index (κ2) is 7.40. The van der Waals surface area contributed by atoms with Gasteiger partial charge in [-0.25, -0.2) is 17.2 Å². The molecular formula is C20H21F2NO3S. The fourth-order valence-electron chi connectivity index (χ4n) is 3.45. The zero-order chi connectivity index (χ0) is 19.8. The molecule has 1 saturated heterocycles. The first-order valence-electron chi connectivity index (χ1n) is 8.59. The quantitative estimate of drug-likeness (QED) is 0.757. The lowest BCUT2D eigenvalue weighted by Gasteiger charge is -2.48. The van der Waals surface area contributed by atoms with Gasteiger partial charge in [0.25, 0.3) is 0 Å². The lowest BCUT2D eigenvalue weighted by Crippen LogP contribution is -2.64. The maximum atomic E-state index is 13.2. The second-order valence-electron chi connectivity index (χ2n) is 6.79. The summed E-state index contributed by atoms with van der Waals surface area (Å²) in [6.45, 7) is 5.65. The summed E-state index contributed by atoms with van der Waals surface area (Å²) in [5.74, 6) is -0.840. The van der Waals surface area contributed by atoms with Crippen LogP contribution in [0.1, 0.15) is 31.4 Å². The van der Waals surface area contributed by atoms with Crippen LogP contribution in [0.4, 0.5) is 14.5 Å². The lowest BCUT2D eigenvalue weighted by atomic mass is 9.97. The maximum Gasteiger partial charge on any atom is 0.241 e. The number of anilines is 1. The van der Waals surface area contributed by atoms with Gasteiger partial charge in [-0.05, 0) is 61.7 Å². The second-order valence-corrected chi connectivity index (χ2v) is 8.82. The summed E-state index contributed by atoms with van der Waals surface area (Å²) >= 11 is 0. The largest absolute Gasteiger partial charge is 0.388 e. The van der Waals surface area contributed by atoms with Crippen molar-refractivity contribution in [2.75, 3.05) is 4.31 Å². The van der Waals surface area contributed by atoms with Crippen LogP contribution in [-0.2, 0) is 10.0 Å². The predicted octanol–water partition coefficient (Wildman–Crippen LogP) is 3.94. The molecule has 4 nitrogen and oxygen atoms in total. The maximum absolute atomic E-state index is 13.2. The van der Waals surface area contributed by atoms with E-state index in [-0.39, 0.29) is 12.8 Å². The molecule has 1 aliphatic heterocycles. The van der Waals surface area contributed by atoms with Crippen LogP contribution in [0.25, 0.3) is 0 Å². The number of hydrogen-bond acceptors (Lipinski definition) is 3. The van der Waals surface area contributed by atoms with Gasteiger partial charge < -0.3 is 5.11 Å². The molecule has 0 bridgehead atoms. The van der Waals surface area contributed by atoms with Crippen molar-refractivity contribution in [3.05, 3.63) is 77.9 Å². The summed E-state index contributed by atoms with van der Waals surface area (Å²) in [6, 6.07) is 10.3. The summed E-state index contributed by atoms with van der Waals surface area (Å²) in [6.07, 6.45) is -0.432. The molecular weight excluding hydrogens is 372 g/mol. The van der Waals surface area contributed by atoms with Gasteiger partial charge in [-0.3, -0.25) is 4.31 Å². The van der Waals surface area contributed by atoms with E-state index in [0.29, 0.717) is 16.8 Å². The van der Waals surface area contributed by atoms with Gasteiger partial charge in [0.15, 0.2) is 0 Å². The van der Waals surface area contributed by atoms with Crippen LogP contribution in [-0.4, -0.2) is 24.8 Å². The van der Waals surface area contributed by atoms with E-state index >= 15 is 0 Å². The van der Waals surface area contributed by atoms with Crippen LogP contribution < -0.4 is 4.31 Å². The van der Waals surface area contributed by atoms with E-state index < -0.39 is 39.1 Å². The average molecular weight is 393 g/mol. The number of benzene rings is 2. The third-order valence-corrected chi connectivity index (χ3v) is 7.07. The van der Waals surface area contributed by atoms with E-state index in [1.54, 1.807) is 6.92 Å². The van der Waals surface area contributed by atoms with E-state index in [0.717, 1.165) is 0 Å². The minimum atomic E-state index is -3.63. The number of aliphatic hydroxyl groups is 1. The highest BCUT2D eigenvalue weighted by Crippen LogP contribution is 2.41. The number of sulfonamides is 1. The summed E-state index contributed by atoms with van der Waals surface area (Å²) in [5.41, 5.74) is 1.60.